The molecule has 0 saturated carbocycles. The van der Waals surface area contributed by atoms with Crippen LogP contribution in [0.5, 0.6) is 5.75 Å². The summed E-state index contributed by atoms with van der Waals surface area (Å²) >= 11 is 12.6. The number of rotatable bonds is 4. The molecule has 6 heteroatoms. The van der Waals surface area contributed by atoms with Crippen LogP contribution in [0.1, 0.15) is 18.4 Å². The Balaban J connectivity index is 2.68. The molecule has 116 valence electrons. The number of methoxy groups -OCH3 is 1. The molecule has 0 amide bonds. The number of halogens is 2. The Morgan fingerprint density at radius 3 is 2.64 bits per heavy atom. The summed E-state index contributed by atoms with van der Waals surface area (Å²) < 4.78 is 5.14. The molecule has 1 aromatic carbocycles. The first-order valence-electron chi connectivity index (χ1n) is 6.71. The largest absolute Gasteiger partial charge is 0.497 e. The van der Waals surface area contributed by atoms with E-state index in [1.807, 2.05) is 0 Å². The van der Waals surface area contributed by atoms with Crippen LogP contribution < -0.4 is 10.1 Å². The Kier molecular flexibility index (Phi) is 5.27. The van der Waals surface area contributed by atoms with Gasteiger partial charge in [-0.3, -0.25) is 4.79 Å². The van der Waals surface area contributed by atoms with Crippen molar-refractivity contribution in [2.75, 3.05) is 14.2 Å². The SMILES string of the molecule is CN/C(=C1\C(=N)CCC(C=O)=C1Cl)c1ccc(OC)cc1Cl. The van der Waals surface area contributed by atoms with Crippen LogP contribution in [0, 0.1) is 5.41 Å². The highest BCUT2D eigenvalue weighted by Gasteiger charge is 2.25. The molecule has 0 aliphatic heterocycles. The lowest BCUT2D eigenvalue weighted by Gasteiger charge is -2.22. The van der Waals surface area contributed by atoms with Crippen molar-refractivity contribution in [2.45, 2.75) is 12.8 Å². The van der Waals surface area contributed by atoms with Gasteiger partial charge in [-0.2, -0.15) is 0 Å². The molecule has 2 rings (SSSR count). The van der Waals surface area contributed by atoms with Crippen LogP contribution >= 0.6 is 23.2 Å². The van der Waals surface area contributed by atoms with Crippen molar-refractivity contribution in [1.29, 1.82) is 5.41 Å². The molecule has 1 aliphatic rings. The number of carbonyl (C=O) groups is 1. The average Bonchev–Trinajstić information content (AvgIpc) is 2.52. The zero-order valence-corrected chi connectivity index (χ0v) is 13.8. The third-order valence-electron chi connectivity index (χ3n) is 3.54. The molecule has 0 unspecified atom stereocenters. The second kappa shape index (κ2) is 6.99. The fourth-order valence-electron chi connectivity index (χ4n) is 2.38. The molecule has 4 nitrogen and oxygen atoms in total. The van der Waals surface area contributed by atoms with Crippen molar-refractivity contribution in [1.82, 2.24) is 5.32 Å². The van der Waals surface area contributed by atoms with Crippen LogP contribution in [0.15, 0.2) is 34.4 Å². The van der Waals surface area contributed by atoms with Gasteiger partial charge in [0.1, 0.15) is 12.0 Å². The van der Waals surface area contributed by atoms with E-state index in [0.717, 1.165) is 6.29 Å². The molecule has 0 fully saturated rings. The molecule has 0 spiro atoms. The van der Waals surface area contributed by atoms with Crippen molar-refractivity contribution < 1.29 is 9.53 Å². The lowest BCUT2D eigenvalue weighted by atomic mass is 9.90. The maximum absolute atomic E-state index is 11.1. The average molecular weight is 339 g/mol. The number of hydrogen-bond donors (Lipinski definition) is 2. The van der Waals surface area contributed by atoms with Crippen LogP contribution in [0.25, 0.3) is 5.70 Å². The first kappa shape index (κ1) is 16.6. The van der Waals surface area contributed by atoms with E-state index in [1.54, 1.807) is 32.4 Å². The first-order chi connectivity index (χ1) is 10.5. The predicted octanol–water partition coefficient (Wildman–Crippen LogP) is 3.78. The Hall–Kier alpha value is -1.78. The molecule has 22 heavy (non-hydrogen) atoms. The molecule has 0 heterocycles. The second-order valence-electron chi connectivity index (χ2n) is 4.78. The van der Waals surface area contributed by atoms with Gasteiger partial charge in [0.2, 0.25) is 0 Å². The van der Waals surface area contributed by atoms with E-state index in [2.05, 4.69) is 5.32 Å². The predicted molar refractivity (Wildman–Crippen MR) is 89.9 cm³/mol. The van der Waals surface area contributed by atoms with Crippen LogP contribution in [-0.4, -0.2) is 26.2 Å². The standard InChI is InChI=1S/C16H16Cl2N2O2/c1-20-16(11-5-4-10(22-2)7-12(11)17)14-13(19)6-3-9(8-21)15(14)18/h4-5,7-8,19-20H,3,6H2,1-2H3/b16-14+,19-13?. The Labute approximate surface area is 139 Å². The Morgan fingerprint density at radius 2 is 2.09 bits per heavy atom. The van der Waals surface area contributed by atoms with Crippen LogP contribution in [0.2, 0.25) is 5.02 Å². The molecule has 2 N–H and O–H groups in total. The summed E-state index contributed by atoms with van der Waals surface area (Å²) in [6.45, 7) is 0. The normalized spacial score (nSPS) is 17.4. The van der Waals surface area contributed by atoms with Gasteiger partial charge in [0, 0.05) is 29.5 Å². The van der Waals surface area contributed by atoms with Gasteiger partial charge < -0.3 is 15.5 Å². The number of allylic oxidation sites excluding steroid dienone is 3. The van der Waals surface area contributed by atoms with E-state index in [9.17, 15) is 4.79 Å². The van der Waals surface area contributed by atoms with Crippen molar-refractivity contribution in [3.63, 3.8) is 0 Å². The molecule has 0 aromatic heterocycles. The van der Waals surface area contributed by atoms with Gasteiger partial charge in [-0.15, -0.1) is 0 Å². The van der Waals surface area contributed by atoms with E-state index >= 15 is 0 Å². The topological polar surface area (TPSA) is 62.2 Å². The van der Waals surface area contributed by atoms with Gasteiger partial charge in [0.15, 0.2) is 0 Å². The van der Waals surface area contributed by atoms with E-state index < -0.39 is 0 Å². The van der Waals surface area contributed by atoms with Gasteiger partial charge in [0.25, 0.3) is 0 Å². The van der Waals surface area contributed by atoms with Crippen LogP contribution in [0.3, 0.4) is 0 Å². The highest BCUT2D eigenvalue weighted by atomic mass is 35.5. The van der Waals surface area contributed by atoms with Gasteiger partial charge >= 0.3 is 0 Å². The number of carbonyl (C=O) groups excluding carboxylic acids is 1. The van der Waals surface area contributed by atoms with Crippen molar-refractivity contribution in [3.05, 3.63) is 45.0 Å². The van der Waals surface area contributed by atoms with Gasteiger partial charge in [-0.25, -0.2) is 0 Å². The molecule has 1 aliphatic carbocycles. The lowest BCUT2D eigenvalue weighted by molar-refractivity contribution is -0.105. The van der Waals surface area contributed by atoms with E-state index in [0.29, 0.717) is 56.8 Å². The minimum Gasteiger partial charge on any atom is -0.497 e. The van der Waals surface area contributed by atoms with Gasteiger partial charge in [-0.1, -0.05) is 23.2 Å². The summed E-state index contributed by atoms with van der Waals surface area (Å²) in [4.78, 5) is 11.1. The highest BCUT2D eigenvalue weighted by molar-refractivity contribution is 6.39. The van der Waals surface area contributed by atoms with Gasteiger partial charge in [0.05, 0.1) is 22.9 Å². The molecular weight excluding hydrogens is 323 g/mol. The molecule has 0 radical (unpaired) electrons. The summed E-state index contributed by atoms with van der Waals surface area (Å²) in [6, 6.07) is 5.27. The zero-order valence-electron chi connectivity index (χ0n) is 12.3. The summed E-state index contributed by atoms with van der Waals surface area (Å²) in [7, 11) is 3.30. The van der Waals surface area contributed by atoms with E-state index in [4.69, 9.17) is 33.3 Å². The first-order valence-corrected chi connectivity index (χ1v) is 7.47. The number of aldehydes is 1. The Morgan fingerprint density at radius 1 is 1.36 bits per heavy atom. The Bertz CT molecular complexity index is 693. The smallest absolute Gasteiger partial charge is 0.147 e. The third-order valence-corrected chi connectivity index (χ3v) is 4.28. The van der Waals surface area contributed by atoms with Crippen molar-refractivity contribution in [2.24, 2.45) is 0 Å². The van der Waals surface area contributed by atoms with Crippen molar-refractivity contribution >= 4 is 40.9 Å². The van der Waals surface area contributed by atoms with Crippen LogP contribution in [0.4, 0.5) is 0 Å². The number of benzene rings is 1. The fraction of sp³-hybridized carbons (Fsp3) is 0.250. The highest BCUT2D eigenvalue weighted by Crippen LogP contribution is 2.36. The zero-order chi connectivity index (χ0) is 16.3. The van der Waals surface area contributed by atoms with Crippen molar-refractivity contribution in [3.8, 4) is 5.75 Å². The minimum atomic E-state index is 0.308. The van der Waals surface area contributed by atoms with E-state index in [1.165, 1.54) is 0 Å². The van der Waals surface area contributed by atoms with E-state index in [-0.39, 0.29) is 0 Å². The molecule has 0 saturated heterocycles. The van der Waals surface area contributed by atoms with Crippen LogP contribution in [-0.2, 0) is 4.79 Å². The summed E-state index contributed by atoms with van der Waals surface area (Å²) in [5.74, 6) is 0.642. The minimum absolute atomic E-state index is 0.308. The number of ether oxygens (including phenoxy) is 1. The molecule has 0 bridgehead atoms. The fourth-order valence-corrected chi connectivity index (χ4v) is 2.99. The molecule has 1 aromatic rings. The number of hydrogen-bond acceptors (Lipinski definition) is 4. The maximum Gasteiger partial charge on any atom is 0.147 e. The summed E-state index contributed by atoms with van der Waals surface area (Å²) in [5.41, 5.74) is 2.73. The summed E-state index contributed by atoms with van der Waals surface area (Å²) in [6.07, 6.45) is 1.70. The number of nitrogens with one attached hydrogen (secondary N) is 2. The quantitative estimate of drug-likeness (QED) is 0.821. The molecule has 0 atom stereocenters. The maximum atomic E-state index is 11.1. The third kappa shape index (κ3) is 3.03. The monoisotopic (exact) mass is 338 g/mol. The molecular formula is C16H16Cl2N2O2. The van der Waals surface area contributed by atoms with Gasteiger partial charge in [-0.05, 0) is 31.0 Å². The summed E-state index contributed by atoms with van der Waals surface area (Å²) in [5, 5.41) is 12.0. The lowest BCUT2D eigenvalue weighted by Crippen LogP contribution is -2.18. The second-order valence-corrected chi connectivity index (χ2v) is 5.57.